The van der Waals surface area contributed by atoms with Crippen LogP contribution in [0.15, 0.2) is 16.7 Å². The summed E-state index contributed by atoms with van der Waals surface area (Å²) >= 11 is 3.54. The van der Waals surface area contributed by atoms with E-state index in [1.165, 1.54) is 32.4 Å². The largest absolute Gasteiger partial charge is 0.307 e. The molecule has 5 rings (SSSR count). The van der Waals surface area contributed by atoms with Gasteiger partial charge in [-0.3, -0.25) is 14.7 Å². The number of aromatic nitrogens is 1. The molecule has 2 atom stereocenters. The van der Waals surface area contributed by atoms with Gasteiger partial charge in [-0.25, -0.2) is 0 Å². The van der Waals surface area contributed by atoms with Crippen molar-refractivity contribution in [3.8, 4) is 0 Å². The number of rotatable bonds is 2. The molecule has 0 spiro atoms. The summed E-state index contributed by atoms with van der Waals surface area (Å²) in [6.07, 6.45) is 8.27. The van der Waals surface area contributed by atoms with Crippen molar-refractivity contribution in [2.45, 2.75) is 69.9 Å². The van der Waals surface area contributed by atoms with Crippen molar-refractivity contribution in [1.82, 2.24) is 9.88 Å². The van der Waals surface area contributed by atoms with Crippen LogP contribution in [0.4, 0.5) is 5.69 Å². The fraction of sp³-hybridized carbons (Fsp3) is 0.714. The standard InChI is InChI=1S/C21H28BrN3O/c1-20(2)18-17(7-15(22)10-23-18)25(19(20)26)16-8-21(3,9-16)24-11-13-4-5-14(6-13)12-24/h7,10,13-14,16H,4-6,8-9,11-12H2,1-3H3. The van der Waals surface area contributed by atoms with E-state index in [4.69, 9.17) is 0 Å². The number of amides is 1. The molecule has 0 radical (unpaired) electrons. The minimum Gasteiger partial charge on any atom is -0.307 e. The highest BCUT2D eigenvalue weighted by Gasteiger charge is 2.55. The molecule has 2 bridgehead atoms. The third-order valence-corrected chi connectivity index (χ3v) is 7.96. The fourth-order valence-electron chi connectivity index (χ4n) is 6.01. The molecule has 1 aromatic heterocycles. The van der Waals surface area contributed by atoms with E-state index in [9.17, 15) is 4.79 Å². The van der Waals surface area contributed by atoms with Crippen molar-refractivity contribution in [3.63, 3.8) is 0 Å². The second-order valence-electron chi connectivity index (χ2n) is 9.83. The first-order chi connectivity index (χ1) is 12.3. The van der Waals surface area contributed by atoms with Gasteiger partial charge in [-0.2, -0.15) is 0 Å². The number of carbonyl (C=O) groups is 1. The summed E-state index contributed by atoms with van der Waals surface area (Å²) in [6, 6.07) is 2.38. The van der Waals surface area contributed by atoms with E-state index in [2.05, 4.69) is 43.7 Å². The van der Waals surface area contributed by atoms with Gasteiger partial charge in [0.15, 0.2) is 0 Å². The first-order valence-corrected chi connectivity index (χ1v) is 10.8. The van der Waals surface area contributed by atoms with Crippen LogP contribution < -0.4 is 4.90 Å². The SMILES string of the molecule is CC1(C)C(=O)N(C2CC(C)(N3CC4CCC(C4)C3)C2)c2cc(Br)cnc21. The van der Waals surface area contributed by atoms with Crippen molar-refractivity contribution in [1.29, 1.82) is 0 Å². The van der Waals surface area contributed by atoms with E-state index in [-0.39, 0.29) is 11.4 Å². The van der Waals surface area contributed by atoms with E-state index in [1.807, 2.05) is 20.0 Å². The predicted molar refractivity (Wildman–Crippen MR) is 106 cm³/mol. The number of piperidine rings is 1. The normalized spacial score (nSPS) is 38.4. The third-order valence-electron chi connectivity index (χ3n) is 7.53. The van der Waals surface area contributed by atoms with Gasteiger partial charge in [-0.05, 0) is 86.7 Å². The number of likely N-dealkylation sites (tertiary alicyclic amines) is 1. The van der Waals surface area contributed by atoms with Gasteiger partial charge in [0.05, 0.1) is 16.8 Å². The van der Waals surface area contributed by atoms with Gasteiger partial charge in [0.1, 0.15) is 0 Å². The number of nitrogens with zero attached hydrogens (tertiary/aromatic N) is 3. The second kappa shape index (κ2) is 5.54. The van der Waals surface area contributed by atoms with Crippen LogP contribution in [-0.4, -0.2) is 40.5 Å². The Balaban J connectivity index is 1.38. The fourth-order valence-corrected chi connectivity index (χ4v) is 6.33. The molecule has 5 heteroatoms. The van der Waals surface area contributed by atoms with Crippen LogP contribution in [0, 0.1) is 11.8 Å². The highest BCUT2D eigenvalue weighted by molar-refractivity contribution is 9.10. The molecule has 3 heterocycles. The Morgan fingerprint density at radius 1 is 1.15 bits per heavy atom. The highest BCUT2D eigenvalue weighted by atomic mass is 79.9. The minimum absolute atomic E-state index is 0.212. The lowest BCUT2D eigenvalue weighted by atomic mass is 9.70. The zero-order valence-electron chi connectivity index (χ0n) is 16.0. The van der Waals surface area contributed by atoms with Crippen molar-refractivity contribution in [2.24, 2.45) is 11.8 Å². The zero-order chi connectivity index (χ0) is 18.3. The molecule has 140 valence electrons. The van der Waals surface area contributed by atoms with Gasteiger partial charge in [-0.1, -0.05) is 0 Å². The first-order valence-electron chi connectivity index (χ1n) is 10.0. The number of fused-ring (bicyclic) bond motifs is 3. The summed E-state index contributed by atoms with van der Waals surface area (Å²) in [4.78, 5) is 22.6. The maximum Gasteiger partial charge on any atom is 0.239 e. The summed E-state index contributed by atoms with van der Waals surface area (Å²) < 4.78 is 0.946. The first kappa shape index (κ1) is 17.2. The Kier molecular flexibility index (Phi) is 3.66. The monoisotopic (exact) mass is 417 g/mol. The molecule has 2 saturated carbocycles. The van der Waals surface area contributed by atoms with E-state index >= 15 is 0 Å². The van der Waals surface area contributed by atoms with Crippen LogP contribution in [0.5, 0.6) is 0 Å². The molecule has 0 N–H and O–H groups in total. The molecule has 2 unspecified atom stereocenters. The Morgan fingerprint density at radius 3 is 2.46 bits per heavy atom. The molecule has 2 aliphatic heterocycles. The summed E-state index contributed by atoms with van der Waals surface area (Å²) in [7, 11) is 0. The van der Waals surface area contributed by atoms with E-state index in [0.29, 0.717) is 6.04 Å². The van der Waals surface area contributed by atoms with Gasteiger partial charge in [0.25, 0.3) is 0 Å². The lowest BCUT2D eigenvalue weighted by Gasteiger charge is -2.56. The van der Waals surface area contributed by atoms with Crippen LogP contribution in [0.25, 0.3) is 0 Å². The molecule has 3 fully saturated rings. The highest BCUT2D eigenvalue weighted by Crippen LogP contribution is 2.51. The van der Waals surface area contributed by atoms with Gasteiger partial charge < -0.3 is 4.90 Å². The lowest BCUT2D eigenvalue weighted by Crippen LogP contribution is -2.65. The third kappa shape index (κ3) is 2.35. The number of halogens is 1. The number of hydrogen-bond donors (Lipinski definition) is 0. The molecule has 4 aliphatic rings. The van der Waals surface area contributed by atoms with E-state index in [1.54, 1.807) is 0 Å². The van der Waals surface area contributed by atoms with Gasteiger partial charge in [-0.15, -0.1) is 0 Å². The van der Waals surface area contributed by atoms with Crippen molar-refractivity contribution in [2.75, 3.05) is 18.0 Å². The quantitative estimate of drug-likeness (QED) is 0.725. The van der Waals surface area contributed by atoms with Gasteiger partial charge in [0.2, 0.25) is 5.91 Å². The molecule has 1 amide bonds. The Labute approximate surface area is 164 Å². The van der Waals surface area contributed by atoms with Crippen LogP contribution in [0.1, 0.15) is 58.6 Å². The molecular formula is C21H28BrN3O. The molecule has 0 aromatic carbocycles. The molecular weight excluding hydrogens is 390 g/mol. The number of carbonyl (C=O) groups excluding carboxylic acids is 1. The topological polar surface area (TPSA) is 36.4 Å². The average molecular weight is 418 g/mol. The van der Waals surface area contributed by atoms with Crippen LogP contribution in [0.2, 0.25) is 0 Å². The lowest BCUT2D eigenvalue weighted by molar-refractivity contribution is -0.124. The summed E-state index contributed by atoms with van der Waals surface area (Å²) in [5.41, 5.74) is 1.68. The van der Waals surface area contributed by atoms with Gasteiger partial charge in [0, 0.05) is 35.3 Å². The molecule has 4 nitrogen and oxygen atoms in total. The summed E-state index contributed by atoms with van der Waals surface area (Å²) in [5, 5.41) is 0. The Morgan fingerprint density at radius 2 is 1.81 bits per heavy atom. The van der Waals surface area contributed by atoms with Crippen molar-refractivity contribution < 1.29 is 4.79 Å². The van der Waals surface area contributed by atoms with E-state index in [0.717, 1.165) is 40.5 Å². The summed E-state index contributed by atoms with van der Waals surface area (Å²) in [6.45, 7) is 8.97. The molecule has 26 heavy (non-hydrogen) atoms. The number of anilines is 1. The average Bonchev–Trinajstić information content (AvgIpc) is 2.99. The van der Waals surface area contributed by atoms with Crippen LogP contribution in [-0.2, 0) is 10.2 Å². The number of hydrogen-bond acceptors (Lipinski definition) is 3. The zero-order valence-corrected chi connectivity index (χ0v) is 17.6. The summed E-state index contributed by atoms with van der Waals surface area (Å²) in [5.74, 6) is 2.04. The smallest absolute Gasteiger partial charge is 0.239 e. The molecule has 1 saturated heterocycles. The van der Waals surface area contributed by atoms with E-state index < -0.39 is 5.41 Å². The maximum atomic E-state index is 13.2. The molecule has 2 aliphatic carbocycles. The second-order valence-corrected chi connectivity index (χ2v) is 10.7. The van der Waals surface area contributed by atoms with Gasteiger partial charge >= 0.3 is 0 Å². The van der Waals surface area contributed by atoms with Crippen LogP contribution >= 0.6 is 15.9 Å². The number of pyridine rings is 1. The van der Waals surface area contributed by atoms with Crippen molar-refractivity contribution in [3.05, 3.63) is 22.4 Å². The van der Waals surface area contributed by atoms with Crippen molar-refractivity contribution >= 4 is 27.5 Å². The predicted octanol–water partition coefficient (Wildman–Crippen LogP) is 4.12. The van der Waals surface area contributed by atoms with Crippen LogP contribution in [0.3, 0.4) is 0 Å². The maximum absolute atomic E-state index is 13.2. The minimum atomic E-state index is -0.522. The molecule has 1 aromatic rings. The Bertz CT molecular complexity index is 759. The Hall–Kier alpha value is -0.940.